The molecule has 9 nitrogen and oxygen atoms in total. The van der Waals surface area contributed by atoms with Gasteiger partial charge in [-0.3, -0.25) is 9.59 Å². The van der Waals surface area contributed by atoms with Gasteiger partial charge in [-0.1, -0.05) is 20.8 Å². The first kappa shape index (κ1) is 24.7. The van der Waals surface area contributed by atoms with Gasteiger partial charge < -0.3 is 26.2 Å². The number of primary amides is 1. The van der Waals surface area contributed by atoms with Crippen molar-refractivity contribution in [1.82, 2.24) is 10.6 Å². The third-order valence-electron chi connectivity index (χ3n) is 3.74. The molecular weight excluding hydrogens is 354 g/mol. The zero-order valence-corrected chi connectivity index (χ0v) is 17.0. The lowest BCUT2D eigenvalue weighted by atomic mass is 9.78. The van der Waals surface area contributed by atoms with Crippen molar-refractivity contribution in [2.45, 2.75) is 72.4 Å². The number of carboxylic acids is 1. The Bertz CT molecular complexity index is 548. The monoisotopic (exact) mass is 387 g/mol. The zero-order valence-electron chi connectivity index (χ0n) is 17.0. The number of carboxylic acid groups (broad SMARTS) is 1. The van der Waals surface area contributed by atoms with Crippen LogP contribution in [0, 0.1) is 11.3 Å². The van der Waals surface area contributed by atoms with Gasteiger partial charge >= 0.3 is 18.0 Å². The van der Waals surface area contributed by atoms with Crippen LogP contribution in [0.3, 0.4) is 0 Å². The fraction of sp³-hybridized carbons (Fsp3) is 0.778. The minimum atomic E-state index is -1.19. The number of aliphatic carboxylic acids is 1. The van der Waals surface area contributed by atoms with Crippen molar-refractivity contribution in [2.75, 3.05) is 6.54 Å². The number of urea groups is 1. The summed E-state index contributed by atoms with van der Waals surface area (Å²) >= 11 is 0. The molecule has 0 saturated heterocycles. The Hall–Kier alpha value is -2.32. The molecule has 0 aliphatic heterocycles. The first-order valence-electron chi connectivity index (χ1n) is 8.92. The van der Waals surface area contributed by atoms with Crippen molar-refractivity contribution < 1.29 is 29.0 Å². The van der Waals surface area contributed by atoms with Gasteiger partial charge in [0.15, 0.2) is 0 Å². The Kier molecular flexibility index (Phi) is 9.26. The average Bonchev–Trinajstić information content (AvgIpc) is 2.44. The fourth-order valence-electron chi connectivity index (χ4n) is 2.39. The van der Waals surface area contributed by atoms with E-state index in [0.29, 0.717) is 6.42 Å². The number of carbonyl (C=O) groups excluding carboxylic acids is 3. The molecule has 5 N–H and O–H groups in total. The molecule has 0 radical (unpaired) electrons. The SMILES string of the molecule is CC(C)(C)OC(=O)C[C@H](C(=O)N[C@@H](CCCNC(N)=O)C(=O)O)C(C)(C)C. The first-order chi connectivity index (χ1) is 12.1. The maximum atomic E-state index is 12.7. The lowest BCUT2D eigenvalue weighted by Gasteiger charge is -2.31. The Morgan fingerprint density at radius 3 is 2.04 bits per heavy atom. The number of amides is 3. The van der Waals surface area contributed by atoms with Crippen molar-refractivity contribution in [1.29, 1.82) is 0 Å². The van der Waals surface area contributed by atoms with Crippen LogP contribution in [-0.4, -0.2) is 47.2 Å². The molecule has 0 unspecified atom stereocenters. The summed E-state index contributed by atoms with van der Waals surface area (Å²) in [6, 6.07) is -1.83. The Labute approximate surface area is 160 Å². The van der Waals surface area contributed by atoms with Gasteiger partial charge in [0.05, 0.1) is 12.3 Å². The predicted octanol–water partition coefficient (Wildman–Crippen LogP) is 1.40. The van der Waals surface area contributed by atoms with E-state index in [1.54, 1.807) is 41.5 Å². The third-order valence-corrected chi connectivity index (χ3v) is 3.74. The topological polar surface area (TPSA) is 148 Å². The molecule has 0 rings (SSSR count). The minimum Gasteiger partial charge on any atom is -0.480 e. The Morgan fingerprint density at radius 2 is 1.63 bits per heavy atom. The Balaban J connectivity index is 5.00. The molecule has 0 saturated carbocycles. The summed E-state index contributed by atoms with van der Waals surface area (Å²) in [5.74, 6) is -2.98. The highest BCUT2D eigenvalue weighted by atomic mass is 16.6. The predicted molar refractivity (Wildman–Crippen MR) is 99.8 cm³/mol. The summed E-state index contributed by atoms with van der Waals surface area (Å²) in [5.41, 5.74) is 3.70. The maximum Gasteiger partial charge on any atom is 0.326 e. The highest BCUT2D eigenvalue weighted by Crippen LogP contribution is 2.30. The molecule has 27 heavy (non-hydrogen) atoms. The first-order valence-corrected chi connectivity index (χ1v) is 8.92. The van der Waals surface area contributed by atoms with Gasteiger partial charge in [0.25, 0.3) is 0 Å². The summed E-state index contributed by atoms with van der Waals surface area (Å²) in [4.78, 5) is 46.9. The summed E-state index contributed by atoms with van der Waals surface area (Å²) < 4.78 is 5.28. The second-order valence-electron chi connectivity index (χ2n) is 8.54. The van der Waals surface area contributed by atoms with Crippen LogP contribution in [0.5, 0.6) is 0 Å². The number of esters is 1. The second kappa shape index (κ2) is 10.1. The summed E-state index contributed by atoms with van der Waals surface area (Å²) in [6.07, 6.45) is 0.291. The average molecular weight is 387 g/mol. The second-order valence-corrected chi connectivity index (χ2v) is 8.54. The van der Waals surface area contributed by atoms with Crippen molar-refractivity contribution >= 4 is 23.9 Å². The van der Waals surface area contributed by atoms with Gasteiger partial charge in [-0.15, -0.1) is 0 Å². The molecule has 0 aromatic carbocycles. The molecule has 0 aromatic heterocycles. The number of nitrogens with two attached hydrogens (primary N) is 1. The molecule has 0 aromatic rings. The molecule has 0 aliphatic rings. The molecule has 0 fully saturated rings. The van der Waals surface area contributed by atoms with Gasteiger partial charge in [0.2, 0.25) is 5.91 Å². The zero-order chi connectivity index (χ0) is 21.4. The fourth-order valence-corrected chi connectivity index (χ4v) is 2.39. The molecule has 3 amide bonds. The molecule has 0 aliphatic carbocycles. The normalized spacial score (nSPS) is 14.0. The van der Waals surface area contributed by atoms with E-state index in [9.17, 15) is 24.3 Å². The van der Waals surface area contributed by atoms with E-state index in [2.05, 4.69) is 10.6 Å². The standard InChI is InChI=1S/C18H33N3O6/c1-17(2,3)11(10-13(22)27-18(4,5)6)14(23)21-12(15(24)25)8-7-9-20-16(19)26/h11-12H,7-10H2,1-6H3,(H,21,23)(H,24,25)(H3,19,20,26)/t11-,12+/m1/s1. The van der Waals surface area contributed by atoms with Gasteiger partial charge in [-0.25, -0.2) is 9.59 Å². The number of hydrogen-bond donors (Lipinski definition) is 4. The van der Waals surface area contributed by atoms with Crippen LogP contribution in [0.1, 0.15) is 60.8 Å². The van der Waals surface area contributed by atoms with Crippen LogP contribution in [0.25, 0.3) is 0 Å². The number of hydrogen-bond acceptors (Lipinski definition) is 5. The number of nitrogens with one attached hydrogen (secondary N) is 2. The summed E-state index contributed by atoms with van der Waals surface area (Å²) in [5, 5.41) is 14.2. The number of carbonyl (C=O) groups is 4. The molecule has 0 spiro atoms. The third kappa shape index (κ3) is 11.1. The van der Waals surface area contributed by atoms with Crippen LogP contribution in [0.15, 0.2) is 0 Å². The summed E-state index contributed by atoms with van der Waals surface area (Å²) in [6.45, 7) is 10.8. The molecule has 9 heteroatoms. The lowest BCUT2D eigenvalue weighted by Crippen LogP contribution is -2.47. The van der Waals surface area contributed by atoms with Crippen LogP contribution < -0.4 is 16.4 Å². The van der Waals surface area contributed by atoms with Crippen LogP contribution in [-0.2, 0) is 19.1 Å². The lowest BCUT2D eigenvalue weighted by molar-refractivity contribution is -0.159. The molecule has 156 valence electrons. The van der Waals surface area contributed by atoms with E-state index in [1.165, 1.54) is 0 Å². The van der Waals surface area contributed by atoms with Crippen molar-refractivity contribution in [3.8, 4) is 0 Å². The molecular formula is C18H33N3O6. The quantitative estimate of drug-likeness (QED) is 0.347. The van der Waals surface area contributed by atoms with E-state index in [0.717, 1.165) is 0 Å². The smallest absolute Gasteiger partial charge is 0.326 e. The largest absolute Gasteiger partial charge is 0.480 e. The van der Waals surface area contributed by atoms with Crippen LogP contribution >= 0.6 is 0 Å². The minimum absolute atomic E-state index is 0.116. The van der Waals surface area contributed by atoms with E-state index in [1.807, 2.05) is 0 Å². The van der Waals surface area contributed by atoms with Gasteiger partial charge in [0.1, 0.15) is 11.6 Å². The molecule has 0 bridgehead atoms. The van der Waals surface area contributed by atoms with Crippen molar-refractivity contribution in [3.05, 3.63) is 0 Å². The summed E-state index contributed by atoms with van der Waals surface area (Å²) in [7, 11) is 0. The van der Waals surface area contributed by atoms with Crippen molar-refractivity contribution in [2.24, 2.45) is 17.1 Å². The molecule has 0 heterocycles. The van der Waals surface area contributed by atoms with E-state index in [-0.39, 0.29) is 19.4 Å². The van der Waals surface area contributed by atoms with Gasteiger partial charge in [-0.2, -0.15) is 0 Å². The number of ether oxygens (including phenoxy) is 1. The van der Waals surface area contributed by atoms with Crippen molar-refractivity contribution in [3.63, 3.8) is 0 Å². The Morgan fingerprint density at radius 1 is 1.07 bits per heavy atom. The molecule has 2 atom stereocenters. The van der Waals surface area contributed by atoms with E-state index in [4.69, 9.17) is 10.5 Å². The highest BCUT2D eigenvalue weighted by Gasteiger charge is 2.36. The van der Waals surface area contributed by atoms with Gasteiger partial charge in [-0.05, 0) is 39.0 Å². The van der Waals surface area contributed by atoms with Gasteiger partial charge in [0, 0.05) is 6.54 Å². The highest BCUT2D eigenvalue weighted by molar-refractivity contribution is 5.88. The van der Waals surface area contributed by atoms with E-state index < -0.39 is 46.9 Å². The van der Waals surface area contributed by atoms with E-state index >= 15 is 0 Å². The van der Waals surface area contributed by atoms with Crippen LogP contribution in [0.4, 0.5) is 4.79 Å². The maximum absolute atomic E-state index is 12.7. The van der Waals surface area contributed by atoms with Crippen LogP contribution in [0.2, 0.25) is 0 Å². The number of rotatable bonds is 9.